The molecule has 0 spiro atoms. The fourth-order valence-corrected chi connectivity index (χ4v) is 4.55. The number of carbonyl (C=O) groups excluding carboxylic acids is 1. The van der Waals surface area contributed by atoms with E-state index in [0.717, 1.165) is 24.5 Å². The molecule has 4 aromatic rings. The third kappa shape index (κ3) is 5.74. The lowest BCUT2D eigenvalue weighted by molar-refractivity contribution is -0.145. The zero-order valence-electron chi connectivity index (χ0n) is 18.6. The molecule has 1 atom stereocenters. The molecule has 13 heteroatoms. The maximum atomic E-state index is 13.4. The molecule has 1 N–H and O–H groups in total. The summed E-state index contributed by atoms with van der Waals surface area (Å²) in [6.45, 7) is 1.39. The second-order valence-electron chi connectivity index (χ2n) is 7.90. The van der Waals surface area contributed by atoms with Gasteiger partial charge in [0.2, 0.25) is 10.9 Å². The molecule has 3 heterocycles. The lowest BCUT2D eigenvalue weighted by Crippen LogP contribution is -2.38. The first kappa shape index (κ1) is 25.4. The number of ketones is 1. The minimum atomic E-state index is -4.66. The first-order valence-electron chi connectivity index (χ1n) is 10.5. The van der Waals surface area contributed by atoms with E-state index in [4.69, 9.17) is 4.42 Å². The third-order valence-electron chi connectivity index (χ3n) is 5.22. The van der Waals surface area contributed by atoms with Crippen LogP contribution in [-0.4, -0.2) is 35.2 Å². The van der Waals surface area contributed by atoms with Gasteiger partial charge in [0.25, 0.3) is 10.0 Å². The van der Waals surface area contributed by atoms with Crippen LogP contribution < -0.4 is 4.72 Å². The van der Waals surface area contributed by atoms with Crippen LogP contribution in [0.15, 0.2) is 64.5 Å². The van der Waals surface area contributed by atoms with Gasteiger partial charge in [-0.15, -0.1) is 0 Å². The van der Waals surface area contributed by atoms with Gasteiger partial charge < -0.3 is 4.42 Å². The molecule has 0 unspecified atom stereocenters. The van der Waals surface area contributed by atoms with Crippen LogP contribution in [-0.2, 0) is 27.4 Å². The summed E-state index contributed by atoms with van der Waals surface area (Å²) < 4.78 is 84.1. The van der Waals surface area contributed by atoms with E-state index >= 15 is 0 Å². The molecule has 0 fully saturated rings. The number of aryl methyl sites for hydroxylation is 1. The summed E-state index contributed by atoms with van der Waals surface area (Å²) in [5, 5.41) is -0.179. The number of rotatable bonds is 8. The van der Waals surface area contributed by atoms with Gasteiger partial charge in [-0.05, 0) is 49.2 Å². The Bertz CT molecular complexity index is 1520. The van der Waals surface area contributed by atoms with Gasteiger partial charge in [0.05, 0.1) is 11.7 Å². The van der Waals surface area contributed by atoms with E-state index in [0.29, 0.717) is 11.3 Å². The molecule has 1 aromatic carbocycles. The molecule has 0 amide bonds. The molecule has 0 radical (unpaired) electrons. The second-order valence-corrected chi connectivity index (χ2v) is 9.54. The normalized spacial score (nSPS) is 13.1. The standard InChI is InChI=1S/C23H18F4N4O4S/c1-13(31-36(33,34)21-10-15-9-17(24)3-5-20(15)35-21)19(32)4-2-14-6-7-28-18(8-14)16-11-29-22(30-12-16)23(25,26)27/h3,5-13,31H,2,4H2,1H3/t13-/m0/s1. The Morgan fingerprint density at radius 3 is 2.50 bits per heavy atom. The number of alkyl halides is 3. The molecule has 0 aliphatic heterocycles. The minimum Gasteiger partial charge on any atom is -0.443 e. The number of carbonyl (C=O) groups is 1. The molecular weight excluding hydrogens is 504 g/mol. The Kier molecular flexibility index (Phi) is 6.87. The van der Waals surface area contributed by atoms with Crippen molar-refractivity contribution in [3.8, 4) is 11.3 Å². The van der Waals surface area contributed by atoms with Gasteiger partial charge in [-0.2, -0.15) is 17.9 Å². The van der Waals surface area contributed by atoms with Gasteiger partial charge in [0.15, 0.2) is 5.78 Å². The van der Waals surface area contributed by atoms with Crippen molar-refractivity contribution >= 4 is 26.8 Å². The predicted molar refractivity (Wildman–Crippen MR) is 120 cm³/mol. The highest BCUT2D eigenvalue weighted by Gasteiger charge is 2.34. The monoisotopic (exact) mass is 522 g/mol. The van der Waals surface area contributed by atoms with E-state index in [1.54, 1.807) is 12.1 Å². The van der Waals surface area contributed by atoms with Crippen LogP contribution in [0.1, 0.15) is 24.7 Å². The number of hydrogen-bond acceptors (Lipinski definition) is 7. The summed E-state index contributed by atoms with van der Waals surface area (Å²) in [6, 6.07) is 6.87. The first-order chi connectivity index (χ1) is 16.9. The number of benzene rings is 1. The summed E-state index contributed by atoms with van der Waals surface area (Å²) in [4.78, 5) is 23.3. The van der Waals surface area contributed by atoms with Crippen LogP contribution in [0, 0.1) is 5.82 Å². The van der Waals surface area contributed by atoms with Crippen molar-refractivity contribution in [3.05, 3.63) is 72.2 Å². The van der Waals surface area contributed by atoms with E-state index in [2.05, 4.69) is 19.7 Å². The number of halogens is 4. The van der Waals surface area contributed by atoms with Crippen molar-refractivity contribution in [2.24, 2.45) is 0 Å². The number of Topliss-reactive ketones (excluding diaryl/α,β-unsaturated/α-hetero) is 1. The van der Waals surface area contributed by atoms with Gasteiger partial charge in [0, 0.05) is 42.0 Å². The molecule has 8 nitrogen and oxygen atoms in total. The molecule has 4 rings (SSSR count). The number of hydrogen-bond donors (Lipinski definition) is 1. The first-order valence-corrected chi connectivity index (χ1v) is 12.0. The van der Waals surface area contributed by atoms with E-state index < -0.39 is 44.8 Å². The number of furan rings is 1. The quantitative estimate of drug-likeness (QED) is 0.343. The molecule has 0 aliphatic rings. The smallest absolute Gasteiger partial charge is 0.443 e. The van der Waals surface area contributed by atoms with E-state index in [-0.39, 0.29) is 29.4 Å². The van der Waals surface area contributed by atoms with Crippen molar-refractivity contribution in [1.82, 2.24) is 19.7 Å². The van der Waals surface area contributed by atoms with Gasteiger partial charge in [-0.25, -0.2) is 22.8 Å². The van der Waals surface area contributed by atoms with Gasteiger partial charge in [-0.1, -0.05) is 0 Å². The van der Waals surface area contributed by atoms with Gasteiger partial charge >= 0.3 is 6.18 Å². The van der Waals surface area contributed by atoms with E-state index in [1.165, 1.54) is 25.3 Å². The van der Waals surface area contributed by atoms with Crippen LogP contribution in [0.25, 0.3) is 22.2 Å². The van der Waals surface area contributed by atoms with Crippen LogP contribution in [0.3, 0.4) is 0 Å². The molecule has 188 valence electrons. The topological polar surface area (TPSA) is 115 Å². The van der Waals surface area contributed by atoms with Crippen molar-refractivity contribution in [2.45, 2.75) is 37.1 Å². The molecule has 3 aromatic heterocycles. The van der Waals surface area contributed by atoms with Crippen LogP contribution >= 0.6 is 0 Å². The molecule has 36 heavy (non-hydrogen) atoms. The minimum absolute atomic E-state index is 0.0258. The summed E-state index contributed by atoms with van der Waals surface area (Å²) >= 11 is 0. The highest BCUT2D eigenvalue weighted by molar-refractivity contribution is 7.89. The fraction of sp³-hybridized carbons (Fsp3) is 0.217. The highest BCUT2D eigenvalue weighted by atomic mass is 32.2. The van der Waals surface area contributed by atoms with Crippen molar-refractivity contribution in [1.29, 1.82) is 0 Å². The van der Waals surface area contributed by atoms with E-state index in [9.17, 15) is 30.8 Å². The van der Waals surface area contributed by atoms with Crippen LogP contribution in [0.5, 0.6) is 0 Å². The van der Waals surface area contributed by atoms with Gasteiger partial charge in [0.1, 0.15) is 11.4 Å². The lowest BCUT2D eigenvalue weighted by Gasteiger charge is -2.12. The number of sulfonamides is 1. The Balaban J connectivity index is 1.39. The number of nitrogens with zero attached hydrogens (tertiary/aromatic N) is 3. The lowest BCUT2D eigenvalue weighted by atomic mass is 10.0. The summed E-state index contributed by atoms with van der Waals surface area (Å²) in [7, 11) is -4.18. The van der Waals surface area contributed by atoms with Crippen LogP contribution in [0.4, 0.5) is 17.6 Å². The summed E-state index contributed by atoms with van der Waals surface area (Å²) in [5.74, 6) is -2.22. The van der Waals surface area contributed by atoms with Crippen molar-refractivity contribution in [3.63, 3.8) is 0 Å². The number of fused-ring (bicyclic) bond motifs is 1. The molecular formula is C23H18F4N4O4S. The molecule has 0 saturated carbocycles. The van der Waals surface area contributed by atoms with Crippen LogP contribution in [0.2, 0.25) is 0 Å². The van der Waals surface area contributed by atoms with E-state index in [1.807, 2.05) is 0 Å². The Morgan fingerprint density at radius 2 is 1.81 bits per heavy atom. The fourth-order valence-electron chi connectivity index (χ4n) is 3.36. The number of pyridine rings is 1. The number of aromatic nitrogens is 3. The maximum Gasteiger partial charge on any atom is 0.451 e. The molecule has 0 aliphatic carbocycles. The summed E-state index contributed by atoms with van der Waals surface area (Å²) in [5.41, 5.74) is 1.43. The predicted octanol–water partition coefficient (Wildman–Crippen LogP) is 4.31. The molecule has 0 bridgehead atoms. The summed E-state index contributed by atoms with van der Waals surface area (Å²) in [6.07, 6.45) is -1.00. The average molecular weight is 522 g/mol. The Labute approximate surface area is 202 Å². The van der Waals surface area contributed by atoms with Gasteiger partial charge in [-0.3, -0.25) is 9.78 Å². The third-order valence-corrected chi connectivity index (χ3v) is 6.62. The van der Waals surface area contributed by atoms with Crippen molar-refractivity contribution < 1.29 is 35.2 Å². The van der Waals surface area contributed by atoms with Crippen molar-refractivity contribution in [2.75, 3.05) is 0 Å². The Morgan fingerprint density at radius 1 is 1.08 bits per heavy atom. The average Bonchev–Trinajstić information content (AvgIpc) is 3.26. The second kappa shape index (κ2) is 9.74. The largest absolute Gasteiger partial charge is 0.451 e. The zero-order valence-corrected chi connectivity index (χ0v) is 19.4. The highest BCUT2D eigenvalue weighted by Crippen LogP contribution is 2.27. The zero-order chi connectivity index (χ0) is 26.1. The molecule has 0 saturated heterocycles. The SMILES string of the molecule is C[C@H](NS(=O)(=O)c1cc2cc(F)ccc2o1)C(=O)CCc1ccnc(-c2cnc(C(F)(F)F)nc2)c1. The Hall–Kier alpha value is -3.71. The maximum absolute atomic E-state index is 13.4. The number of nitrogens with one attached hydrogen (secondary N) is 1.